The summed E-state index contributed by atoms with van der Waals surface area (Å²) in [6, 6.07) is 5.00. The quantitative estimate of drug-likeness (QED) is 0.713. The zero-order valence-electron chi connectivity index (χ0n) is 7.05. The number of rotatable bonds is 2. The van der Waals surface area contributed by atoms with Crippen molar-refractivity contribution in [3.05, 3.63) is 41.2 Å². The van der Waals surface area contributed by atoms with Crippen molar-refractivity contribution in [2.45, 2.75) is 6.92 Å². The Hall–Kier alpha value is -1.15. The highest BCUT2D eigenvalue weighted by Gasteiger charge is 1.96. The highest BCUT2D eigenvalue weighted by Crippen LogP contribution is 2.11. The molecule has 2 heteroatoms. The second kappa shape index (κ2) is 4.02. The Bertz CT molecular complexity index is 292. The highest BCUT2D eigenvalue weighted by atomic mass is 19.1. The van der Waals surface area contributed by atoms with E-state index in [1.807, 2.05) is 6.92 Å². The van der Waals surface area contributed by atoms with Crippen molar-refractivity contribution in [3.63, 3.8) is 0 Å². The molecular weight excluding hydrogens is 153 g/mol. The van der Waals surface area contributed by atoms with Crippen LogP contribution >= 0.6 is 0 Å². The Morgan fingerprint density at radius 3 is 2.92 bits per heavy atom. The van der Waals surface area contributed by atoms with Crippen LogP contribution in [0.25, 0.3) is 6.08 Å². The van der Waals surface area contributed by atoms with Crippen LogP contribution in [-0.4, -0.2) is 6.54 Å². The van der Waals surface area contributed by atoms with Gasteiger partial charge < -0.3 is 5.73 Å². The molecule has 12 heavy (non-hydrogen) atoms. The molecule has 1 aromatic carbocycles. The molecule has 0 amide bonds. The van der Waals surface area contributed by atoms with Gasteiger partial charge in [0.2, 0.25) is 0 Å². The number of hydrogen-bond acceptors (Lipinski definition) is 1. The lowest BCUT2D eigenvalue weighted by atomic mass is 10.1. The van der Waals surface area contributed by atoms with Gasteiger partial charge in [-0.1, -0.05) is 23.8 Å². The van der Waals surface area contributed by atoms with Crippen LogP contribution in [0.5, 0.6) is 0 Å². The second-order valence-corrected chi connectivity index (χ2v) is 2.66. The van der Waals surface area contributed by atoms with Crippen molar-refractivity contribution in [1.29, 1.82) is 0 Å². The van der Waals surface area contributed by atoms with E-state index in [2.05, 4.69) is 0 Å². The summed E-state index contributed by atoms with van der Waals surface area (Å²) >= 11 is 0. The van der Waals surface area contributed by atoms with E-state index < -0.39 is 0 Å². The average Bonchev–Trinajstić information content (AvgIpc) is 2.07. The largest absolute Gasteiger partial charge is 0.327 e. The first-order valence-corrected chi connectivity index (χ1v) is 3.87. The molecule has 0 radical (unpaired) electrons. The third-order valence-corrected chi connectivity index (χ3v) is 1.58. The number of benzene rings is 1. The Morgan fingerprint density at radius 1 is 1.50 bits per heavy atom. The van der Waals surface area contributed by atoms with Crippen LogP contribution in [0.2, 0.25) is 0 Å². The van der Waals surface area contributed by atoms with Crippen LogP contribution in [0.4, 0.5) is 4.39 Å². The fourth-order valence-electron chi connectivity index (χ4n) is 0.986. The maximum absolute atomic E-state index is 13.0. The molecule has 2 N–H and O–H groups in total. The first kappa shape index (κ1) is 8.94. The fraction of sp³-hybridized carbons (Fsp3) is 0.200. The van der Waals surface area contributed by atoms with Crippen molar-refractivity contribution in [1.82, 2.24) is 0 Å². The molecule has 64 valence electrons. The summed E-state index contributed by atoms with van der Waals surface area (Å²) in [5.74, 6) is -0.203. The van der Waals surface area contributed by atoms with E-state index in [0.29, 0.717) is 12.1 Å². The lowest BCUT2D eigenvalue weighted by Gasteiger charge is -1.97. The standard InChI is InChI=1S/C10H12FN/c1-8-4-5-10(11)9(7-8)3-2-6-12/h2-5,7H,6,12H2,1H3/b3-2+. The van der Waals surface area contributed by atoms with Gasteiger partial charge in [0.15, 0.2) is 0 Å². The maximum atomic E-state index is 13.0. The van der Waals surface area contributed by atoms with E-state index in [1.54, 1.807) is 24.3 Å². The minimum Gasteiger partial charge on any atom is -0.327 e. The molecule has 1 rings (SSSR count). The van der Waals surface area contributed by atoms with E-state index in [-0.39, 0.29) is 5.82 Å². The van der Waals surface area contributed by atoms with Crippen LogP contribution in [0.15, 0.2) is 24.3 Å². The SMILES string of the molecule is Cc1ccc(F)c(/C=C/CN)c1. The Morgan fingerprint density at radius 2 is 2.25 bits per heavy atom. The van der Waals surface area contributed by atoms with Gasteiger partial charge in [0.25, 0.3) is 0 Å². The smallest absolute Gasteiger partial charge is 0.130 e. The summed E-state index contributed by atoms with van der Waals surface area (Å²) in [5, 5.41) is 0. The molecule has 1 nitrogen and oxygen atoms in total. The summed E-state index contributed by atoms with van der Waals surface area (Å²) in [6.07, 6.45) is 3.43. The van der Waals surface area contributed by atoms with Crippen LogP contribution < -0.4 is 5.73 Å². The third-order valence-electron chi connectivity index (χ3n) is 1.58. The molecule has 0 aliphatic rings. The minimum atomic E-state index is -0.203. The Labute approximate surface area is 71.7 Å². The topological polar surface area (TPSA) is 26.0 Å². The molecule has 0 aromatic heterocycles. The first-order valence-electron chi connectivity index (χ1n) is 3.87. The zero-order valence-corrected chi connectivity index (χ0v) is 7.05. The molecule has 0 aliphatic carbocycles. The average molecular weight is 165 g/mol. The number of aryl methyl sites for hydroxylation is 1. The normalized spacial score (nSPS) is 10.9. The van der Waals surface area contributed by atoms with E-state index >= 15 is 0 Å². The molecule has 0 unspecified atom stereocenters. The van der Waals surface area contributed by atoms with Gasteiger partial charge >= 0.3 is 0 Å². The van der Waals surface area contributed by atoms with Crippen molar-refractivity contribution >= 4 is 6.08 Å². The molecule has 0 heterocycles. The van der Waals surface area contributed by atoms with Gasteiger partial charge in [-0.05, 0) is 19.1 Å². The van der Waals surface area contributed by atoms with Gasteiger partial charge in [-0.2, -0.15) is 0 Å². The van der Waals surface area contributed by atoms with Crippen molar-refractivity contribution in [3.8, 4) is 0 Å². The Balaban J connectivity index is 2.97. The van der Waals surface area contributed by atoms with Crippen LogP contribution in [-0.2, 0) is 0 Å². The molecule has 0 fully saturated rings. The van der Waals surface area contributed by atoms with Crippen molar-refractivity contribution in [2.75, 3.05) is 6.54 Å². The van der Waals surface area contributed by atoms with Crippen molar-refractivity contribution < 1.29 is 4.39 Å². The zero-order chi connectivity index (χ0) is 8.97. The summed E-state index contributed by atoms with van der Waals surface area (Å²) in [7, 11) is 0. The second-order valence-electron chi connectivity index (χ2n) is 2.66. The first-order chi connectivity index (χ1) is 5.74. The van der Waals surface area contributed by atoms with Gasteiger partial charge in [0.1, 0.15) is 5.82 Å². The highest BCUT2D eigenvalue weighted by molar-refractivity contribution is 5.51. The summed E-state index contributed by atoms with van der Waals surface area (Å²) in [6.45, 7) is 2.37. The molecule has 0 spiro atoms. The molecule has 0 bridgehead atoms. The fourth-order valence-corrected chi connectivity index (χ4v) is 0.986. The molecular formula is C10H12FN. The van der Waals surface area contributed by atoms with E-state index in [0.717, 1.165) is 5.56 Å². The molecule has 0 saturated heterocycles. The predicted octanol–water partition coefficient (Wildman–Crippen LogP) is 2.11. The molecule has 0 atom stereocenters. The van der Waals surface area contributed by atoms with Crippen LogP contribution in [0.1, 0.15) is 11.1 Å². The monoisotopic (exact) mass is 165 g/mol. The predicted molar refractivity (Wildman–Crippen MR) is 49.2 cm³/mol. The lowest BCUT2D eigenvalue weighted by molar-refractivity contribution is 0.624. The van der Waals surface area contributed by atoms with Crippen molar-refractivity contribution in [2.24, 2.45) is 5.73 Å². The number of halogens is 1. The number of nitrogens with two attached hydrogens (primary N) is 1. The maximum Gasteiger partial charge on any atom is 0.130 e. The third kappa shape index (κ3) is 2.17. The van der Waals surface area contributed by atoms with Crippen LogP contribution in [0.3, 0.4) is 0 Å². The van der Waals surface area contributed by atoms with Gasteiger partial charge in [0, 0.05) is 12.1 Å². The van der Waals surface area contributed by atoms with Gasteiger partial charge in [-0.15, -0.1) is 0 Å². The van der Waals surface area contributed by atoms with Gasteiger partial charge in [-0.25, -0.2) is 4.39 Å². The van der Waals surface area contributed by atoms with Gasteiger partial charge in [-0.3, -0.25) is 0 Å². The summed E-state index contributed by atoms with van der Waals surface area (Å²) < 4.78 is 13.0. The number of hydrogen-bond donors (Lipinski definition) is 1. The van der Waals surface area contributed by atoms with E-state index in [4.69, 9.17) is 5.73 Å². The summed E-state index contributed by atoms with van der Waals surface area (Å²) in [4.78, 5) is 0. The Kier molecular flexibility index (Phi) is 3.00. The lowest BCUT2D eigenvalue weighted by Crippen LogP contribution is -1.92. The summed E-state index contributed by atoms with van der Waals surface area (Å²) in [5.41, 5.74) is 6.90. The van der Waals surface area contributed by atoms with Crippen LogP contribution in [0, 0.1) is 12.7 Å². The molecule has 1 aromatic rings. The van der Waals surface area contributed by atoms with E-state index in [9.17, 15) is 4.39 Å². The minimum absolute atomic E-state index is 0.203. The van der Waals surface area contributed by atoms with E-state index in [1.165, 1.54) is 6.07 Å². The molecule has 0 aliphatic heterocycles. The molecule has 0 saturated carbocycles. The van der Waals surface area contributed by atoms with Gasteiger partial charge in [0.05, 0.1) is 0 Å².